The van der Waals surface area contributed by atoms with Crippen LogP contribution in [-0.4, -0.2) is 36.4 Å². The minimum absolute atomic E-state index is 0.0927. The van der Waals surface area contributed by atoms with Crippen LogP contribution in [0.25, 0.3) is 0 Å². The van der Waals surface area contributed by atoms with E-state index in [1.54, 1.807) is 18.9 Å². The average Bonchev–Trinajstić information content (AvgIpc) is 2.74. The molecule has 0 saturated heterocycles. The number of benzene rings is 2. The number of hydrogen-bond acceptors (Lipinski definition) is 3. The number of carbonyl (C=O) groups is 2. The van der Waals surface area contributed by atoms with Crippen LogP contribution in [0.15, 0.2) is 48.5 Å². The van der Waals surface area contributed by atoms with Gasteiger partial charge in [0.1, 0.15) is 11.8 Å². The third-order valence-corrected chi connectivity index (χ3v) is 5.27. The summed E-state index contributed by atoms with van der Waals surface area (Å²) < 4.78 is 5.29. The molecule has 2 aromatic rings. The van der Waals surface area contributed by atoms with Crippen LogP contribution >= 0.6 is 11.6 Å². The van der Waals surface area contributed by atoms with Crippen LogP contribution in [0, 0.1) is 5.92 Å². The van der Waals surface area contributed by atoms with Crippen LogP contribution in [0.1, 0.15) is 38.3 Å². The van der Waals surface area contributed by atoms with E-state index in [9.17, 15) is 9.59 Å². The van der Waals surface area contributed by atoms with Gasteiger partial charge in [-0.1, -0.05) is 55.8 Å². The lowest BCUT2D eigenvalue weighted by molar-refractivity contribution is -0.140. The first-order valence-electron chi connectivity index (χ1n) is 10.2. The number of halogens is 1. The normalized spacial score (nSPS) is 11.8. The molecule has 0 radical (unpaired) electrons. The number of hydrogen-bond donors (Lipinski definition) is 1. The van der Waals surface area contributed by atoms with Gasteiger partial charge in [-0.3, -0.25) is 9.59 Å². The van der Waals surface area contributed by atoms with Gasteiger partial charge in [0, 0.05) is 24.5 Å². The van der Waals surface area contributed by atoms with Crippen LogP contribution in [0.3, 0.4) is 0 Å². The molecule has 2 rings (SSSR count). The van der Waals surface area contributed by atoms with E-state index in [2.05, 4.69) is 5.32 Å². The molecule has 2 aromatic carbocycles. The average molecular weight is 431 g/mol. The first-order chi connectivity index (χ1) is 14.3. The molecule has 1 unspecified atom stereocenters. The Morgan fingerprint density at radius 1 is 1.10 bits per heavy atom. The largest absolute Gasteiger partial charge is 0.497 e. The number of rotatable bonds is 10. The van der Waals surface area contributed by atoms with E-state index in [0.29, 0.717) is 36.2 Å². The molecule has 0 aliphatic carbocycles. The molecule has 1 atom stereocenters. The minimum Gasteiger partial charge on any atom is -0.497 e. The Morgan fingerprint density at radius 2 is 1.83 bits per heavy atom. The Balaban J connectivity index is 2.17. The van der Waals surface area contributed by atoms with Crippen molar-refractivity contribution in [2.75, 3.05) is 13.7 Å². The predicted octanol–water partition coefficient (Wildman–Crippen LogP) is 4.47. The second kappa shape index (κ2) is 11.6. The fourth-order valence-corrected chi connectivity index (χ4v) is 3.32. The highest BCUT2D eigenvalue weighted by Crippen LogP contribution is 2.20. The lowest BCUT2D eigenvalue weighted by Crippen LogP contribution is -2.48. The maximum atomic E-state index is 13.1. The molecule has 6 heteroatoms. The zero-order valence-electron chi connectivity index (χ0n) is 18.2. The van der Waals surface area contributed by atoms with Gasteiger partial charge in [0.25, 0.3) is 0 Å². The molecule has 0 heterocycles. The number of nitrogens with zero attached hydrogens (tertiary/aromatic N) is 1. The van der Waals surface area contributed by atoms with Gasteiger partial charge in [0.05, 0.1) is 7.11 Å². The van der Waals surface area contributed by atoms with Crippen molar-refractivity contribution in [2.45, 2.75) is 46.2 Å². The van der Waals surface area contributed by atoms with Crippen molar-refractivity contribution in [1.29, 1.82) is 0 Å². The van der Waals surface area contributed by atoms with Crippen LogP contribution in [0.4, 0.5) is 0 Å². The fraction of sp³-hybridized carbons (Fsp3) is 0.417. The monoisotopic (exact) mass is 430 g/mol. The van der Waals surface area contributed by atoms with Crippen LogP contribution in [-0.2, 0) is 22.6 Å². The molecule has 0 spiro atoms. The van der Waals surface area contributed by atoms with Gasteiger partial charge in [-0.2, -0.15) is 0 Å². The number of methoxy groups -OCH3 is 1. The SMILES string of the molecule is COc1cccc(CN(C(=O)CCc2ccccc2Cl)C(C)C(=O)NCC(C)C)c1. The highest BCUT2D eigenvalue weighted by atomic mass is 35.5. The van der Waals surface area contributed by atoms with E-state index in [1.807, 2.05) is 62.4 Å². The lowest BCUT2D eigenvalue weighted by Gasteiger charge is -2.29. The van der Waals surface area contributed by atoms with Gasteiger partial charge in [-0.25, -0.2) is 0 Å². The Hall–Kier alpha value is -2.53. The summed E-state index contributed by atoms with van der Waals surface area (Å²) >= 11 is 6.23. The van der Waals surface area contributed by atoms with Crippen molar-refractivity contribution >= 4 is 23.4 Å². The zero-order valence-corrected chi connectivity index (χ0v) is 18.9. The third kappa shape index (κ3) is 7.06. The molecule has 30 heavy (non-hydrogen) atoms. The molecule has 1 N–H and O–H groups in total. The van der Waals surface area contributed by atoms with Gasteiger partial charge in [0.15, 0.2) is 0 Å². The Labute approximate surface area is 184 Å². The van der Waals surface area contributed by atoms with E-state index >= 15 is 0 Å². The first kappa shape index (κ1) is 23.7. The Bertz CT molecular complexity index is 854. The molecule has 0 aromatic heterocycles. The molecule has 0 fully saturated rings. The molecule has 0 aliphatic heterocycles. The maximum Gasteiger partial charge on any atom is 0.242 e. The molecule has 0 bridgehead atoms. The molecule has 0 saturated carbocycles. The number of carbonyl (C=O) groups excluding carboxylic acids is 2. The molecule has 0 aliphatic rings. The van der Waals surface area contributed by atoms with E-state index in [4.69, 9.17) is 16.3 Å². The van der Waals surface area contributed by atoms with E-state index in [-0.39, 0.29) is 18.2 Å². The molecular formula is C24H31ClN2O3. The molecule has 2 amide bonds. The van der Waals surface area contributed by atoms with Crippen LogP contribution < -0.4 is 10.1 Å². The summed E-state index contributed by atoms with van der Waals surface area (Å²) in [6, 6.07) is 14.5. The molecule has 5 nitrogen and oxygen atoms in total. The van der Waals surface area contributed by atoms with Gasteiger partial charge >= 0.3 is 0 Å². The Morgan fingerprint density at radius 3 is 2.50 bits per heavy atom. The van der Waals surface area contributed by atoms with Crippen LogP contribution in [0.5, 0.6) is 5.75 Å². The summed E-state index contributed by atoms with van der Waals surface area (Å²) in [4.78, 5) is 27.5. The predicted molar refractivity (Wildman–Crippen MR) is 121 cm³/mol. The highest BCUT2D eigenvalue weighted by molar-refractivity contribution is 6.31. The smallest absolute Gasteiger partial charge is 0.242 e. The van der Waals surface area contributed by atoms with Crippen molar-refractivity contribution in [3.8, 4) is 5.75 Å². The summed E-state index contributed by atoms with van der Waals surface area (Å²) in [6.07, 6.45) is 0.795. The molecular weight excluding hydrogens is 400 g/mol. The van der Waals surface area contributed by atoms with Crippen molar-refractivity contribution < 1.29 is 14.3 Å². The number of nitrogens with one attached hydrogen (secondary N) is 1. The topological polar surface area (TPSA) is 58.6 Å². The molecule has 162 valence electrons. The van der Waals surface area contributed by atoms with Crippen molar-refractivity contribution in [2.24, 2.45) is 5.92 Å². The lowest BCUT2D eigenvalue weighted by atomic mass is 10.1. The van der Waals surface area contributed by atoms with Gasteiger partial charge in [-0.15, -0.1) is 0 Å². The second-order valence-electron chi connectivity index (χ2n) is 7.78. The van der Waals surface area contributed by atoms with Crippen molar-refractivity contribution in [3.63, 3.8) is 0 Å². The Kier molecular flexibility index (Phi) is 9.18. The third-order valence-electron chi connectivity index (χ3n) is 4.90. The quantitative estimate of drug-likeness (QED) is 0.605. The summed E-state index contributed by atoms with van der Waals surface area (Å²) in [7, 11) is 1.60. The zero-order chi connectivity index (χ0) is 22.1. The number of aryl methyl sites for hydroxylation is 1. The minimum atomic E-state index is -0.589. The summed E-state index contributed by atoms with van der Waals surface area (Å²) in [6.45, 7) is 6.74. The number of ether oxygens (including phenoxy) is 1. The van der Waals surface area contributed by atoms with Gasteiger partial charge in [0.2, 0.25) is 11.8 Å². The summed E-state index contributed by atoms with van der Waals surface area (Å²) in [5, 5.41) is 3.58. The first-order valence-corrected chi connectivity index (χ1v) is 10.6. The fourth-order valence-electron chi connectivity index (χ4n) is 3.09. The summed E-state index contributed by atoms with van der Waals surface area (Å²) in [5.74, 6) is 0.805. The standard InChI is InChI=1S/C24H31ClN2O3/c1-17(2)15-26-24(29)18(3)27(16-19-8-7-10-21(14-19)30-4)23(28)13-12-20-9-5-6-11-22(20)25/h5-11,14,17-18H,12-13,15-16H2,1-4H3,(H,26,29). The van der Waals surface area contributed by atoms with E-state index in [0.717, 1.165) is 11.1 Å². The van der Waals surface area contributed by atoms with Crippen molar-refractivity contribution in [3.05, 3.63) is 64.7 Å². The van der Waals surface area contributed by atoms with E-state index in [1.165, 1.54) is 0 Å². The highest BCUT2D eigenvalue weighted by Gasteiger charge is 2.26. The second-order valence-corrected chi connectivity index (χ2v) is 8.19. The maximum absolute atomic E-state index is 13.1. The number of amides is 2. The van der Waals surface area contributed by atoms with E-state index < -0.39 is 6.04 Å². The van der Waals surface area contributed by atoms with Crippen LogP contribution in [0.2, 0.25) is 5.02 Å². The summed E-state index contributed by atoms with van der Waals surface area (Å²) in [5.41, 5.74) is 1.83. The van der Waals surface area contributed by atoms with Gasteiger partial charge < -0.3 is 15.0 Å². The van der Waals surface area contributed by atoms with Gasteiger partial charge in [-0.05, 0) is 48.6 Å². The van der Waals surface area contributed by atoms with Crippen molar-refractivity contribution in [1.82, 2.24) is 10.2 Å².